The highest BCUT2D eigenvalue weighted by Crippen LogP contribution is 2.30. The molecule has 2 amide bonds. The molecule has 4 rings (SSSR count). The quantitative estimate of drug-likeness (QED) is 0.579. The van der Waals surface area contributed by atoms with Gasteiger partial charge in [-0.3, -0.25) is 9.59 Å². The summed E-state index contributed by atoms with van der Waals surface area (Å²) >= 11 is 12.1. The van der Waals surface area contributed by atoms with Crippen LogP contribution in [0.15, 0.2) is 36.4 Å². The van der Waals surface area contributed by atoms with Crippen LogP contribution in [0.5, 0.6) is 0 Å². The van der Waals surface area contributed by atoms with Gasteiger partial charge in [-0.05, 0) is 43.5 Å². The molecule has 10 heteroatoms. The van der Waals surface area contributed by atoms with Crippen molar-refractivity contribution in [3.05, 3.63) is 75.0 Å². The van der Waals surface area contributed by atoms with E-state index in [4.69, 9.17) is 23.2 Å². The number of hydrogen-bond acceptors (Lipinski definition) is 3. The Balaban J connectivity index is 1.55. The lowest BCUT2D eigenvalue weighted by molar-refractivity contribution is -0.116. The second-order valence-electron chi connectivity index (χ2n) is 7.44. The third kappa shape index (κ3) is 4.20. The number of fused-ring (bicyclic) bond motifs is 1. The highest BCUT2D eigenvalue weighted by atomic mass is 35.5. The monoisotopic (exact) mass is 478 g/mol. The Morgan fingerprint density at radius 3 is 2.53 bits per heavy atom. The average molecular weight is 479 g/mol. The van der Waals surface area contributed by atoms with E-state index in [1.165, 1.54) is 22.7 Å². The van der Waals surface area contributed by atoms with E-state index in [1.54, 1.807) is 18.2 Å². The Bertz CT molecular complexity index is 1210. The maximum absolute atomic E-state index is 13.7. The molecule has 32 heavy (non-hydrogen) atoms. The molecule has 1 aliphatic rings. The first-order valence-electron chi connectivity index (χ1n) is 9.81. The van der Waals surface area contributed by atoms with Crippen molar-refractivity contribution in [3.63, 3.8) is 0 Å². The summed E-state index contributed by atoms with van der Waals surface area (Å²) in [5, 5.41) is 7.55. The van der Waals surface area contributed by atoms with Gasteiger partial charge in [0, 0.05) is 24.4 Å². The Morgan fingerprint density at radius 1 is 1.12 bits per heavy atom. The first-order chi connectivity index (χ1) is 15.3. The average Bonchev–Trinajstić information content (AvgIpc) is 3.35. The van der Waals surface area contributed by atoms with Gasteiger partial charge < -0.3 is 10.2 Å². The van der Waals surface area contributed by atoms with Gasteiger partial charge in [0.05, 0.1) is 28.0 Å². The minimum absolute atomic E-state index is 0.188. The topological polar surface area (TPSA) is 67.2 Å². The van der Waals surface area contributed by atoms with Gasteiger partial charge in [0.2, 0.25) is 5.91 Å². The van der Waals surface area contributed by atoms with Gasteiger partial charge in [-0.25, -0.2) is 13.5 Å². The lowest BCUT2D eigenvalue weighted by atomic mass is 10.2. The first kappa shape index (κ1) is 22.2. The number of aromatic nitrogens is 2. The zero-order valence-corrected chi connectivity index (χ0v) is 18.5. The van der Waals surface area contributed by atoms with Gasteiger partial charge in [-0.2, -0.15) is 5.10 Å². The van der Waals surface area contributed by atoms with Crippen molar-refractivity contribution in [1.82, 2.24) is 14.7 Å². The molecule has 6 nitrogen and oxygen atoms in total. The van der Waals surface area contributed by atoms with Crippen LogP contribution >= 0.6 is 23.2 Å². The number of anilines is 1. The molecular weight excluding hydrogens is 461 g/mol. The second kappa shape index (κ2) is 8.88. The Labute approximate surface area is 192 Å². The van der Waals surface area contributed by atoms with E-state index < -0.39 is 23.4 Å². The van der Waals surface area contributed by atoms with E-state index in [0.29, 0.717) is 18.5 Å². The molecule has 166 valence electrons. The molecule has 2 aromatic carbocycles. The Morgan fingerprint density at radius 2 is 1.84 bits per heavy atom. The molecule has 0 unspecified atom stereocenters. The molecule has 1 heterocycles. The summed E-state index contributed by atoms with van der Waals surface area (Å²) in [5.74, 6) is -2.89. The molecule has 1 N–H and O–H groups in total. The Hall–Kier alpha value is -2.97. The standard InChI is InChI=1S/C22H18Cl2F2N4O2/c1-29(11-19(31)27-21-14(23)5-3-6-15(21)24)22(32)20-13-4-2-7-18(13)30(28-20)12-8-9-16(25)17(26)10-12/h3,5-6,8-10H,2,4,7,11H2,1H3,(H,27,31). The van der Waals surface area contributed by atoms with Crippen LogP contribution in [0.2, 0.25) is 10.0 Å². The van der Waals surface area contributed by atoms with E-state index in [9.17, 15) is 18.4 Å². The maximum atomic E-state index is 13.7. The summed E-state index contributed by atoms with van der Waals surface area (Å²) in [5.41, 5.74) is 2.31. The molecule has 0 radical (unpaired) electrons. The normalized spacial score (nSPS) is 12.5. The molecule has 0 spiro atoms. The van der Waals surface area contributed by atoms with Crippen molar-refractivity contribution in [3.8, 4) is 5.69 Å². The number of carbonyl (C=O) groups excluding carboxylic acids is 2. The van der Waals surface area contributed by atoms with Crippen LogP contribution in [0.4, 0.5) is 14.5 Å². The number of nitrogens with zero attached hydrogens (tertiary/aromatic N) is 3. The van der Waals surface area contributed by atoms with Crippen molar-refractivity contribution >= 4 is 40.7 Å². The van der Waals surface area contributed by atoms with Crippen LogP contribution in [0, 0.1) is 11.6 Å². The van der Waals surface area contributed by atoms with Gasteiger partial charge >= 0.3 is 0 Å². The third-order valence-corrected chi connectivity index (χ3v) is 5.87. The molecule has 0 aliphatic heterocycles. The summed E-state index contributed by atoms with van der Waals surface area (Å²) in [6.45, 7) is -0.257. The number of hydrogen-bond donors (Lipinski definition) is 1. The number of carbonyl (C=O) groups is 2. The minimum Gasteiger partial charge on any atom is -0.331 e. The van der Waals surface area contributed by atoms with Crippen LogP contribution < -0.4 is 5.32 Å². The molecule has 0 saturated heterocycles. The predicted octanol–water partition coefficient (Wildman–Crippen LogP) is 4.66. The number of rotatable bonds is 5. The predicted molar refractivity (Wildman–Crippen MR) is 118 cm³/mol. The fourth-order valence-corrected chi connectivity index (χ4v) is 4.20. The van der Waals surface area contributed by atoms with Gasteiger partial charge in [0.15, 0.2) is 17.3 Å². The number of amides is 2. The molecular formula is C22H18Cl2F2N4O2. The van der Waals surface area contributed by atoms with Gasteiger partial charge in [-0.1, -0.05) is 29.3 Å². The van der Waals surface area contributed by atoms with Crippen molar-refractivity contribution < 1.29 is 18.4 Å². The summed E-state index contributed by atoms with van der Waals surface area (Å²) < 4.78 is 28.5. The lowest BCUT2D eigenvalue weighted by Gasteiger charge is -2.17. The number of benzene rings is 2. The van der Waals surface area contributed by atoms with E-state index in [-0.39, 0.29) is 28.0 Å². The van der Waals surface area contributed by atoms with Gasteiger partial charge in [-0.15, -0.1) is 0 Å². The lowest BCUT2D eigenvalue weighted by Crippen LogP contribution is -2.35. The zero-order chi connectivity index (χ0) is 23.0. The van der Waals surface area contributed by atoms with Crippen molar-refractivity contribution in [2.24, 2.45) is 0 Å². The van der Waals surface area contributed by atoms with Crippen LogP contribution in [-0.2, 0) is 17.6 Å². The maximum Gasteiger partial charge on any atom is 0.274 e. The molecule has 1 aromatic heterocycles. The smallest absolute Gasteiger partial charge is 0.274 e. The molecule has 0 atom stereocenters. The highest BCUT2D eigenvalue weighted by molar-refractivity contribution is 6.39. The number of halogens is 4. The Kier molecular flexibility index (Phi) is 6.17. The SMILES string of the molecule is CN(CC(=O)Nc1c(Cl)cccc1Cl)C(=O)c1nn(-c2ccc(F)c(F)c2)c2c1CCC2. The molecule has 1 aliphatic carbocycles. The van der Waals surface area contributed by atoms with Crippen LogP contribution in [0.3, 0.4) is 0 Å². The third-order valence-electron chi connectivity index (χ3n) is 5.24. The fourth-order valence-electron chi connectivity index (χ4n) is 3.70. The number of likely N-dealkylation sites (N-methyl/N-ethyl adjacent to an activating group) is 1. The van der Waals surface area contributed by atoms with Crippen LogP contribution in [0.1, 0.15) is 28.2 Å². The van der Waals surface area contributed by atoms with Gasteiger partial charge in [0.1, 0.15) is 0 Å². The molecule has 0 bridgehead atoms. The largest absolute Gasteiger partial charge is 0.331 e. The second-order valence-corrected chi connectivity index (χ2v) is 8.26. The summed E-state index contributed by atoms with van der Waals surface area (Å²) in [6.07, 6.45) is 2.10. The van der Waals surface area contributed by atoms with Crippen LogP contribution in [-0.4, -0.2) is 40.1 Å². The first-order valence-corrected chi connectivity index (χ1v) is 10.6. The number of nitrogens with one attached hydrogen (secondary N) is 1. The summed E-state index contributed by atoms with van der Waals surface area (Å²) in [7, 11) is 1.48. The van der Waals surface area contributed by atoms with Crippen LogP contribution in [0.25, 0.3) is 5.69 Å². The summed E-state index contributed by atoms with van der Waals surface area (Å²) in [4.78, 5) is 26.8. The highest BCUT2D eigenvalue weighted by Gasteiger charge is 2.29. The molecule has 0 saturated carbocycles. The minimum atomic E-state index is -0.996. The van der Waals surface area contributed by atoms with E-state index >= 15 is 0 Å². The fraction of sp³-hybridized carbons (Fsp3) is 0.227. The van der Waals surface area contributed by atoms with E-state index in [2.05, 4.69) is 10.4 Å². The summed E-state index contributed by atoms with van der Waals surface area (Å²) in [6, 6.07) is 8.30. The number of para-hydroxylation sites is 1. The van der Waals surface area contributed by atoms with Gasteiger partial charge in [0.25, 0.3) is 5.91 Å². The van der Waals surface area contributed by atoms with E-state index in [0.717, 1.165) is 29.8 Å². The molecule has 3 aromatic rings. The van der Waals surface area contributed by atoms with E-state index in [1.807, 2.05) is 0 Å². The zero-order valence-electron chi connectivity index (χ0n) is 17.0. The molecule has 0 fully saturated rings. The van der Waals surface area contributed by atoms with Crippen molar-refractivity contribution in [1.29, 1.82) is 0 Å². The van der Waals surface area contributed by atoms with Crippen molar-refractivity contribution in [2.45, 2.75) is 19.3 Å². The van der Waals surface area contributed by atoms with Crippen molar-refractivity contribution in [2.75, 3.05) is 18.9 Å².